The highest BCUT2D eigenvalue weighted by Crippen LogP contribution is 2.45. The first kappa shape index (κ1) is 17.0. The third-order valence-corrected chi connectivity index (χ3v) is 8.58. The van der Waals surface area contributed by atoms with Gasteiger partial charge in [0.15, 0.2) is 0 Å². The summed E-state index contributed by atoms with van der Waals surface area (Å²) in [6, 6.07) is 7.51. The van der Waals surface area contributed by atoms with Gasteiger partial charge in [-0.3, -0.25) is 9.40 Å². The van der Waals surface area contributed by atoms with Crippen molar-refractivity contribution in [3.63, 3.8) is 0 Å². The van der Waals surface area contributed by atoms with Crippen molar-refractivity contribution in [3.8, 4) is 0 Å². The number of halogens is 1. The molecule has 1 aromatic carbocycles. The summed E-state index contributed by atoms with van der Waals surface area (Å²) in [6.45, 7) is 1.63. The van der Waals surface area contributed by atoms with E-state index in [1.807, 2.05) is 41.7 Å². The van der Waals surface area contributed by atoms with Gasteiger partial charge in [-0.1, -0.05) is 23.7 Å². The largest absolute Gasteiger partial charge is 0.279 e. The lowest BCUT2D eigenvalue weighted by atomic mass is 10.2. The highest BCUT2D eigenvalue weighted by molar-refractivity contribution is 8.19. The fraction of sp³-hybridized carbons (Fsp3) is 0.357. The van der Waals surface area contributed by atoms with Gasteiger partial charge in [-0.2, -0.15) is 5.10 Å². The number of nitrogens with zero attached hydrogens (tertiary/aromatic N) is 2. The monoisotopic (exact) mass is 389 g/mol. The first-order valence-electron chi connectivity index (χ1n) is 6.93. The Bertz CT molecular complexity index is 830. The fourth-order valence-electron chi connectivity index (χ4n) is 2.42. The Morgan fingerprint density at radius 2 is 2.04 bits per heavy atom. The highest BCUT2D eigenvalue weighted by Gasteiger charge is 2.26. The molecule has 1 N–H and O–H groups in total. The minimum absolute atomic E-state index is 0.0247. The molecule has 2 heterocycles. The predicted molar refractivity (Wildman–Crippen MR) is 97.9 cm³/mol. The summed E-state index contributed by atoms with van der Waals surface area (Å²) in [4.78, 5) is 0.0247. The molecule has 5 nitrogen and oxygen atoms in total. The van der Waals surface area contributed by atoms with Gasteiger partial charge in [0, 0.05) is 24.2 Å². The van der Waals surface area contributed by atoms with Crippen LogP contribution >= 0.6 is 35.1 Å². The zero-order chi connectivity index (χ0) is 16.6. The number of thioether (sulfide) groups is 2. The maximum atomic E-state index is 12.6. The Morgan fingerprint density at radius 3 is 2.65 bits per heavy atom. The number of anilines is 1. The van der Waals surface area contributed by atoms with Crippen LogP contribution in [-0.2, 0) is 17.1 Å². The van der Waals surface area contributed by atoms with Gasteiger partial charge in [-0.25, -0.2) is 8.42 Å². The molecule has 0 unspecified atom stereocenters. The van der Waals surface area contributed by atoms with Gasteiger partial charge < -0.3 is 0 Å². The van der Waals surface area contributed by atoms with E-state index in [2.05, 4.69) is 9.82 Å². The summed E-state index contributed by atoms with van der Waals surface area (Å²) in [5.41, 5.74) is 2.03. The molecule has 124 valence electrons. The topological polar surface area (TPSA) is 64.0 Å². The van der Waals surface area contributed by atoms with Crippen LogP contribution in [0.5, 0.6) is 0 Å². The van der Waals surface area contributed by atoms with Crippen molar-refractivity contribution in [3.05, 3.63) is 40.7 Å². The number of nitrogens with one attached hydrogen (secondary N) is 1. The molecule has 0 saturated carbocycles. The molecule has 1 aliphatic rings. The number of benzene rings is 1. The van der Waals surface area contributed by atoms with Crippen molar-refractivity contribution >= 4 is 50.8 Å². The Hall–Kier alpha value is -0.830. The van der Waals surface area contributed by atoms with Crippen molar-refractivity contribution in [2.45, 2.75) is 16.4 Å². The van der Waals surface area contributed by atoms with E-state index in [1.54, 1.807) is 20.0 Å². The summed E-state index contributed by atoms with van der Waals surface area (Å²) >= 11 is 9.83. The van der Waals surface area contributed by atoms with E-state index in [1.165, 1.54) is 4.68 Å². The second kappa shape index (κ2) is 6.58. The maximum absolute atomic E-state index is 12.6. The Kier molecular flexibility index (Phi) is 4.87. The molecule has 0 atom stereocenters. The molecular formula is C14H16ClN3O2S3. The van der Waals surface area contributed by atoms with Crippen LogP contribution in [0, 0.1) is 6.92 Å². The minimum Gasteiger partial charge on any atom is -0.279 e. The van der Waals surface area contributed by atoms with E-state index in [-0.39, 0.29) is 10.0 Å². The van der Waals surface area contributed by atoms with E-state index in [4.69, 9.17) is 11.6 Å². The van der Waals surface area contributed by atoms with Gasteiger partial charge in [0.1, 0.15) is 10.0 Å². The molecule has 1 aliphatic heterocycles. The zero-order valence-electron chi connectivity index (χ0n) is 12.6. The molecule has 3 rings (SSSR count). The quantitative estimate of drug-likeness (QED) is 0.864. The number of hydrogen-bond donors (Lipinski definition) is 1. The molecule has 0 radical (unpaired) electrons. The van der Waals surface area contributed by atoms with Crippen molar-refractivity contribution < 1.29 is 8.42 Å². The van der Waals surface area contributed by atoms with E-state index >= 15 is 0 Å². The number of rotatable bonds is 4. The van der Waals surface area contributed by atoms with Crippen LogP contribution < -0.4 is 4.72 Å². The predicted octanol–water partition coefficient (Wildman–Crippen LogP) is 3.66. The lowest BCUT2D eigenvalue weighted by Crippen LogP contribution is -2.14. The van der Waals surface area contributed by atoms with Crippen LogP contribution in [0.3, 0.4) is 0 Å². The number of sulfonamides is 1. The van der Waals surface area contributed by atoms with Gasteiger partial charge in [-0.05, 0) is 24.6 Å². The fourth-order valence-corrected chi connectivity index (χ4v) is 7.06. The SMILES string of the molecule is Cc1nn(C)c(Cl)c1S(=O)(=O)Nc1cccc(C2SCCS2)c1. The summed E-state index contributed by atoms with van der Waals surface area (Å²) in [5.74, 6) is 2.24. The van der Waals surface area contributed by atoms with Gasteiger partial charge in [0.2, 0.25) is 0 Å². The van der Waals surface area contributed by atoms with Gasteiger partial charge >= 0.3 is 0 Å². The molecule has 1 aromatic heterocycles. The van der Waals surface area contributed by atoms with Crippen LogP contribution in [0.1, 0.15) is 15.8 Å². The van der Waals surface area contributed by atoms with Gasteiger partial charge in [0.05, 0.1) is 10.3 Å². The first-order valence-corrected chi connectivity index (χ1v) is 10.9. The highest BCUT2D eigenvalue weighted by atomic mass is 35.5. The second-order valence-electron chi connectivity index (χ2n) is 5.13. The zero-order valence-corrected chi connectivity index (χ0v) is 15.8. The Morgan fingerprint density at radius 1 is 1.35 bits per heavy atom. The van der Waals surface area contributed by atoms with Crippen LogP contribution in [0.4, 0.5) is 5.69 Å². The second-order valence-corrected chi connectivity index (χ2v) is 9.84. The van der Waals surface area contributed by atoms with E-state index in [0.29, 0.717) is 16.0 Å². The average Bonchev–Trinajstić information content (AvgIpc) is 3.08. The lowest BCUT2D eigenvalue weighted by molar-refractivity contribution is 0.600. The lowest BCUT2D eigenvalue weighted by Gasteiger charge is -2.12. The standard InChI is InChI=1S/C14H16ClN3O2S3/c1-9-12(13(15)18(2)16-9)23(19,20)17-11-5-3-4-10(8-11)14-21-6-7-22-14/h3-5,8,14,17H,6-7H2,1-2H3. The number of hydrogen-bond acceptors (Lipinski definition) is 5. The molecule has 9 heteroatoms. The van der Waals surface area contributed by atoms with E-state index < -0.39 is 10.0 Å². The minimum atomic E-state index is -3.77. The molecule has 0 amide bonds. The van der Waals surface area contributed by atoms with Crippen molar-refractivity contribution in [2.75, 3.05) is 16.2 Å². The summed E-state index contributed by atoms with van der Waals surface area (Å²) in [6.07, 6.45) is 0. The third kappa shape index (κ3) is 3.50. The summed E-state index contributed by atoms with van der Waals surface area (Å²) in [7, 11) is -2.16. The molecule has 1 fully saturated rings. The van der Waals surface area contributed by atoms with E-state index in [9.17, 15) is 8.42 Å². The number of aryl methyl sites for hydroxylation is 2. The Balaban J connectivity index is 1.90. The smallest absolute Gasteiger partial charge is 0.266 e. The molecule has 0 spiro atoms. The van der Waals surface area contributed by atoms with Gasteiger partial charge in [0.25, 0.3) is 10.0 Å². The molecule has 0 aliphatic carbocycles. The van der Waals surface area contributed by atoms with Crippen LogP contribution in [0.15, 0.2) is 29.2 Å². The molecular weight excluding hydrogens is 374 g/mol. The van der Waals surface area contributed by atoms with Crippen molar-refractivity contribution in [1.82, 2.24) is 9.78 Å². The first-order chi connectivity index (χ1) is 10.9. The van der Waals surface area contributed by atoms with E-state index in [0.717, 1.165) is 17.1 Å². The Labute approximate surface area is 149 Å². The number of aromatic nitrogens is 2. The normalized spacial score (nSPS) is 16.0. The van der Waals surface area contributed by atoms with Crippen LogP contribution in [-0.4, -0.2) is 29.7 Å². The van der Waals surface area contributed by atoms with Gasteiger partial charge in [-0.15, -0.1) is 23.5 Å². The summed E-state index contributed by atoms with van der Waals surface area (Å²) < 4.78 is 29.6. The molecule has 1 saturated heterocycles. The molecule has 23 heavy (non-hydrogen) atoms. The summed E-state index contributed by atoms with van der Waals surface area (Å²) in [5, 5.41) is 4.16. The third-order valence-electron chi connectivity index (χ3n) is 3.40. The van der Waals surface area contributed by atoms with Crippen LogP contribution in [0.2, 0.25) is 5.15 Å². The molecule has 0 bridgehead atoms. The maximum Gasteiger partial charge on any atom is 0.266 e. The van der Waals surface area contributed by atoms with Crippen molar-refractivity contribution in [2.24, 2.45) is 7.05 Å². The molecule has 2 aromatic rings. The average molecular weight is 390 g/mol. The van der Waals surface area contributed by atoms with Crippen LogP contribution in [0.25, 0.3) is 0 Å². The van der Waals surface area contributed by atoms with Crippen molar-refractivity contribution in [1.29, 1.82) is 0 Å².